The summed E-state index contributed by atoms with van der Waals surface area (Å²) in [6.07, 6.45) is 0. The van der Waals surface area contributed by atoms with Crippen LogP contribution in [-0.4, -0.2) is 15.2 Å². The molecule has 9 heteroatoms. The summed E-state index contributed by atoms with van der Waals surface area (Å²) in [6.45, 7) is 0. The van der Waals surface area contributed by atoms with Gasteiger partial charge < -0.3 is 15.4 Å². The molecule has 0 aliphatic rings. The largest absolute Gasteiger partial charge is 0.457 e. The van der Waals surface area contributed by atoms with E-state index in [9.17, 15) is 0 Å². The molecule has 0 atom stereocenters. The van der Waals surface area contributed by atoms with Crippen molar-refractivity contribution in [1.29, 1.82) is 0 Å². The van der Waals surface area contributed by atoms with Gasteiger partial charge in [0, 0.05) is 22.5 Å². The van der Waals surface area contributed by atoms with Crippen LogP contribution in [0.25, 0.3) is 0 Å². The highest BCUT2D eigenvalue weighted by atomic mass is 32.2. The minimum atomic E-state index is 0.743. The van der Waals surface area contributed by atoms with E-state index in [0.717, 1.165) is 48.9 Å². The van der Waals surface area contributed by atoms with E-state index in [0.29, 0.717) is 0 Å². The van der Waals surface area contributed by atoms with Crippen LogP contribution in [0, 0.1) is 0 Å². The van der Waals surface area contributed by atoms with Crippen molar-refractivity contribution in [3.8, 4) is 11.5 Å². The van der Waals surface area contributed by atoms with Crippen LogP contribution in [0.4, 0.5) is 21.6 Å². The van der Waals surface area contributed by atoms with Crippen molar-refractivity contribution in [1.82, 2.24) is 15.2 Å². The summed E-state index contributed by atoms with van der Waals surface area (Å²) in [5, 5.41) is 18.9. The van der Waals surface area contributed by atoms with E-state index < -0.39 is 0 Å². The molecule has 6 nitrogen and oxygen atoms in total. The van der Waals surface area contributed by atoms with Crippen molar-refractivity contribution in [2.45, 2.75) is 10.1 Å². The molecular weight excluding hydrogens is 470 g/mol. The Bertz CT molecular complexity index is 1290. The van der Waals surface area contributed by atoms with Crippen molar-refractivity contribution >= 4 is 56.1 Å². The van der Waals surface area contributed by atoms with Gasteiger partial charge in [-0.25, -0.2) is 4.98 Å². The van der Waals surface area contributed by atoms with Gasteiger partial charge in [0.1, 0.15) is 11.5 Å². The molecule has 2 N–H and O–H groups in total. The zero-order valence-electron chi connectivity index (χ0n) is 17.3. The molecule has 0 spiro atoms. The Hall–Kier alpha value is -3.40. The molecule has 3 aromatic carbocycles. The van der Waals surface area contributed by atoms with Crippen molar-refractivity contribution in [3.63, 3.8) is 0 Å². The van der Waals surface area contributed by atoms with Gasteiger partial charge in [-0.2, -0.15) is 0 Å². The van der Waals surface area contributed by atoms with Crippen molar-refractivity contribution < 1.29 is 4.74 Å². The summed E-state index contributed by atoms with van der Waals surface area (Å²) in [6, 6.07) is 27.5. The third-order valence-electron chi connectivity index (χ3n) is 4.41. The second-order valence-corrected chi connectivity index (χ2v) is 9.92. The number of nitrogens with zero attached hydrogens (tertiary/aromatic N) is 3. The monoisotopic (exact) mass is 489 g/mol. The number of ether oxygens (including phenoxy) is 1. The zero-order valence-corrected chi connectivity index (χ0v) is 19.8. The second kappa shape index (κ2) is 10.5. The van der Waals surface area contributed by atoms with Gasteiger partial charge in [-0.15, -0.1) is 21.5 Å². The average Bonchev–Trinajstić information content (AvgIpc) is 3.49. The van der Waals surface area contributed by atoms with Crippen LogP contribution in [0.5, 0.6) is 11.5 Å². The van der Waals surface area contributed by atoms with Gasteiger partial charge in [-0.1, -0.05) is 59.5 Å². The topological polar surface area (TPSA) is 72.0 Å². The number of hydrogen-bond acceptors (Lipinski definition) is 9. The number of nitrogens with one attached hydrogen (secondary N) is 2. The number of benzene rings is 3. The van der Waals surface area contributed by atoms with E-state index in [1.54, 1.807) is 23.1 Å². The van der Waals surface area contributed by atoms with Crippen molar-refractivity contribution in [2.24, 2.45) is 0 Å². The van der Waals surface area contributed by atoms with Crippen LogP contribution in [0.3, 0.4) is 0 Å². The van der Waals surface area contributed by atoms with Crippen LogP contribution < -0.4 is 15.4 Å². The highest BCUT2D eigenvalue weighted by molar-refractivity contribution is 8.00. The predicted octanol–water partition coefficient (Wildman–Crippen LogP) is 7.57. The van der Waals surface area contributed by atoms with E-state index in [-0.39, 0.29) is 0 Å². The maximum atomic E-state index is 5.83. The number of hydrogen-bond donors (Lipinski definition) is 2. The molecule has 5 rings (SSSR count). The summed E-state index contributed by atoms with van der Waals surface area (Å²) in [4.78, 5) is 4.65. The first-order valence-corrected chi connectivity index (χ1v) is 12.8. The Labute approximate surface area is 203 Å². The fourth-order valence-electron chi connectivity index (χ4n) is 2.88. The molecular formula is C24H19N5OS3. The SMILES string of the molecule is c1ccc(Nc2nc(CSc3nnc(Nc4ccc(Oc5ccccc5)cc4)s3)cs2)cc1. The first kappa shape index (κ1) is 21.4. The zero-order chi connectivity index (χ0) is 22.3. The second-order valence-electron chi connectivity index (χ2n) is 6.86. The predicted molar refractivity (Wildman–Crippen MR) is 138 cm³/mol. The van der Waals surface area contributed by atoms with Crippen LogP contribution in [0.2, 0.25) is 0 Å². The average molecular weight is 490 g/mol. The fourth-order valence-corrected chi connectivity index (χ4v) is 5.38. The third kappa shape index (κ3) is 6.10. The third-order valence-corrected chi connectivity index (χ3v) is 7.22. The Morgan fingerprint density at radius 2 is 1.39 bits per heavy atom. The minimum absolute atomic E-state index is 0.743. The summed E-state index contributed by atoms with van der Waals surface area (Å²) in [5.74, 6) is 2.34. The van der Waals surface area contributed by atoms with Gasteiger partial charge in [0.15, 0.2) is 9.47 Å². The van der Waals surface area contributed by atoms with Gasteiger partial charge in [-0.3, -0.25) is 0 Å². The Kier molecular flexibility index (Phi) is 6.81. The van der Waals surface area contributed by atoms with E-state index in [1.807, 2.05) is 84.9 Å². The number of para-hydroxylation sites is 2. The van der Waals surface area contributed by atoms with E-state index >= 15 is 0 Å². The summed E-state index contributed by atoms with van der Waals surface area (Å²) >= 11 is 4.75. The molecule has 0 saturated carbocycles. The van der Waals surface area contributed by atoms with Crippen LogP contribution in [0.15, 0.2) is 94.6 Å². The molecule has 164 valence electrons. The summed E-state index contributed by atoms with van der Waals surface area (Å²) in [7, 11) is 0. The van der Waals surface area contributed by atoms with Gasteiger partial charge in [0.2, 0.25) is 5.13 Å². The lowest BCUT2D eigenvalue weighted by Crippen LogP contribution is -1.90. The van der Waals surface area contributed by atoms with Crippen LogP contribution >= 0.6 is 34.4 Å². The first-order chi connectivity index (χ1) is 16.3. The normalized spacial score (nSPS) is 10.7. The lowest BCUT2D eigenvalue weighted by molar-refractivity contribution is 0.483. The molecule has 0 amide bonds. The van der Waals surface area contributed by atoms with E-state index in [2.05, 4.69) is 31.2 Å². The molecule has 33 heavy (non-hydrogen) atoms. The molecule has 2 heterocycles. The van der Waals surface area contributed by atoms with E-state index in [1.165, 1.54) is 11.3 Å². The molecule has 0 fully saturated rings. The highest BCUT2D eigenvalue weighted by Crippen LogP contribution is 2.32. The van der Waals surface area contributed by atoms with Gasteiger partial charge in [0.05, 0.1) is 5.69 Å². The van der Waals surface area contributed by atoms with E-state index in [4.69, 9.17) is 4.74 Å². The number of thiazole rings is 1. The summed E-state index contributed by atoms with van der Waals surface area (Å²) in [5.41, 5.74) is 2.98. The Morgan fingerprint density at radius 3 is 2.18 bits per heavy atom. The molecule has 0 aliphatic heterocycles. The standard InChI is InChI=1S/C24H19N5OS3/c1-3-7-17(8-4-1)25-22-27-19(15-31-22)16-32-24-29-28-23(33-24)26-18-11-13-21(14-12-18)30-20-9-5-2-6-10-20/h1-15H,16H2,(H,25,27)(H,26,28). The van der Waals surface area contributed by atoms with Crippen molar-refractivity contribution in [3.05, 3.63) is 96.0 Å². The number of rotatable bonds is 9. The maximum Gasteiger partial charge on any atom is 0.210 e. The number of anilines is 4. The van der Waals surface area contributed by atoms with Gasteiger partial charge in [0.25, 0.3) is 0 Å². The minimum Gasteiger partial charge on any atom is -0.457 e. The van der Waals surface area contributed by atoms with Crippen LogP contribution in [0.1, 0.15) is 5.69 Å². The fraction of sp³-hybridized carbons (Fsp3) is 0.0417. The van der Waals surface area contributed by atoms with Gasteiger partial charge >= 0.3 is 0 Å². The maximum absolute atomic E-state index is 5.83. The first-order valence-electron chi connectivity index (χ1n) is 10.1. The van der Waals surface area contributed by atoms with Crippen molar-refractivity contribution in [2.75, 3.05) is 10.6 Å². The summed E-state index contributed by atoms with van der Waals surface area (Å²) < 4.78 is 6.73. The molecule has 0 radical (unpaired) electrons. The highest BCUT2D eigenvalue weighted by Gasteiger charge is 2.08. The number of aromatic nitrogens is 3. The molecule has 0 bridgehead atoms. The molecule has 0 unspecified atom stereocenters. The molecule has 0 aliphatic carbocycles. The quantitative estimate of drug-likeness (QED) is 0.207. The Morgan fingerprint density at radius 1 is 0.727 bits per heavy atom. The smallest absolute Gasteiger partial charge is 0.210 e. The Balaban J connectivity index is 1.12. The molecule has 2 aromatic heterocycles. The number of thioether (sulfide) groups is 1. The lowest BCUT2D eigenvalue weighted by Gasteiger charge is -2.06. The molecule has 0 saturated heterocycles. The lowest BCUT2D eigenvalue weighted by atomic mass is 10.3. The molecule has 5 aromatic rings. The van der Waals surface area contributed by atoms with Crippen LogP contribution in [-0.2, 0) is 5.75 Å². The van der Waals surface area contributed by atoms with Gasteiger partial charge in [-0.05, 0) is 48.5 Å².